The molecular formula is C14H17NO. The monoisotopic (exact) mass is 215 g/mol. The highest BCUT2D eigenvalue weighted by molar-refractivity contribution is 5.96. The van der Waals surface area contributed by atoms with Gasteiger partial charge >= 0.3 is 0 Å². The molecule has 0 radical (unpaired) electrons. The van der Waals surface area contributed by atoms with Gasteiger partial charge in [0.15, 0.2) is 5.78 Å². The van der Waals surface area contributed by atoms with Crippen LogP contribution in [0.25, 0.3) is 0 Å². The molecule has 0 unspecified atom stereocenters. The Morgan fingerprint density at radius 1 is 1.31 bits per heavy atom. The minimum Gasteiger partial charge on any atom is -0.294 e. The summed E-state index contributed by atoms with van der Waals surface area (Å²) in [4.78, 5) is 11.8. The van der Waals surface area contributed by atoms with Gasteiger partial charge in [-0.1, -0.05) is 38.3 Å². The largest absolute Gasteiger partial charge is 0.294 e. The molecular weight excluding hydrogens is 198 g/mol. The number of hydrogen-bond donors (Lipinski definition) is 0. The van der Waals surface area contributed by atoms with Gasteiger partial charge in [-0.15, -0.1) is 0 Å². The first kappa shape index (κ1) is 12.4. The molecule has 1 rings (SSSR count). The molecule has 0 fully saturated rings. The highest BCUT2D eigenvalue weighted by Crippen LogP contribution is 2.10. The molecule has 0 atom stereocenters. The van der Waals surface area contributed by atoms with Crippen LogP contribution >= 0.6 is 0 Å². The number of ketones is 1. The van der Waals surface area contributed by atoms with Gasteiger partial charge in [-0.2, -0.15) is 5.26 Å². The number of benzene rings is 1. The van der Waals surface area contributed by atoms with Crippen LogP contribution in [0.15, 0.2) is 24.3 Å². The number of carbonyl (C=O) groups is 1. The van der Waals surface area contributed by atoms with E-state index in [-0.39, 0.29) is 5.78 Å². The quantitative estimate of drug-likeness (QED) is 0.536. The van der Waals surface area contributed by atoms with Crippen LogP contribution in [0.4, 0.5) is 0 Å². The summed E-state index contributed by atoms with van der Waals surface area (Å²) < 4.78 is 0. The lowest BCUT2D eigenvalue weighted by molar-refractivity contribution is 0.0979. The molecule has 0 spiro atoms. The zero-order valence-corrected chi connectivity index (χ0v) is 9.70. The number of nitriles is 1. The zero-order valence-electron chi connectivity index (χ0n) is 9.70. The second kappa shape index (κ2) is 6.79. The molecule has 0 aromatic heterocycles. The maximum Gasteiger partial charge on any atom is 0.162 e. The second-order valence-corrected chi connectivity index (χ2v) is 3.93. The molecule has 0 aliphatic heterocycles. The second-order valence-electron chi connectivity index (χ2n) is 3.93. The third-order valence-electron chi connectivity index (χ3n) is 2.57. The van der Waals surface area contributed by atoms with Crippen molar-refractivity contribution in [2.75, 3.05) is 0 Å². The Hall–Kier alpha value is -1.62. The number of hydrogen-bond acceptors (Lipinski definition) is 2. The van der Waals surface area contributed by atoms with E-state index in [0.29, 0.717) is 17.5 Å². The van der Waals surface area contributed by atoms with E-state index < -0.39 is 0 Å². The molecule has 0 saturated heterocycles. The number of nitrogens with zero attached hydrogens (tertiary/aromatic N) is 1. The number of Topliss-reactive ketones (excluding diaryl/α,β-unsaturated/α-hetero) is 1. The van der Waals surface area contributed by atoms with E-state index in [4.69, 9.17) is 5.26 Å². The number of unbranched alkanes of at least 4 members (excludes halogenated alkanes) is 3. The minimum absolute atomic E-state index is 0.146. The van der Waals surface area contributed by atoms with Gasteiger partial charge in [0.25, 0.3) is 0 Å². The van der Waals surface area contributed by atoms with E-state index in [1.165, 1.54) is 12.8 Å². The van der Waals surface area contributed by atoms with E-state index in [9.17, 15) is 4.79 Å². The fourth-order valence-electron chi connectivity index (χ4n) is 1.62. The number of carbonyl (C=O) groups excluding carboxylic acids is 1. The number of rotatable bonds is 6. The SMILES string of the molecule is CCCCCCC(=O)c1cccc(C#N)c1. The van der Waals surface area contributed by atoms with Gasteiger partial charge in [0.2, 0.25) is 0 Å². The lowest BCUT2D eigenvalue weighted by atomic mass is 10.0. The van der Waals surface area contributed by atoms with Crippen LogP contribution in [0, 0.1) is 11.3 Å². The molecule has 2 heteroatoms. The van der Waals surface area contributed by atoms with Gasteiger partial charge in [0, 0.05) is 12.0 Å². The van der Waals surface area contributed by atoms with Crippen molar-refractivity contribution in [3.8, 4) is 6.07 Å². The average molecular weight is 215 g/mol. The molecule has 0 saturated carbocycles. The lowest BCUT2D eigenvalue weighted by Gasteiger charge is -2.01. The molecule has 0 aliphatic carbocycles. The van der Waals surface area contributed by atoms with Crippen LogP contribution in [0.3, 0.4) is 0 Å². The first-order valence-corrected chi connectivity index (χ1v) is 5.81. The van der Waals surface area contributed by atoms with E-state index in [1.807, 2.05) is 6.07 Å². The summed E-state index contributed by atoms with van der Waals surface area (Å²) in [5.41, 5.74) is 1.22. The van der Waals surface area contributed by atoms with Crippen LogP contribution in [-0.4, -0.2) is 5.78 Å². The van der Waals surface area contributed by atoms with Crippen LogP contribution in [0.2, 0.25) is 0 Å². The molecule has 0 aliphatic rings. The van der Waals surface area contributed by atoms with Crippen molar-refractivity contribution in [2.24, 2.45) is 0 Å². The van der Waals surface area contributed by atoms with Crippen molar-refractivity contribution in [2.45, 2.75) is 39.0 Å². The summed E-state index contributed by atoms with van der Waals surface area (Å²) in [5, 5.41) is 8.73. The molecule has 84 valence electrons. The van der Waals surface area contributed by atoms with Crippen molar-refractivity contribution >= 4 is 5.78 Å². The van der Waals surface area contributed by atoms with Crippen LogP contribution in [0.5, 0.6) is 0 Å². The molecule has 1 aromatic carbocycles. The Labute approximate surface area is 96.9 Å². The zero-order chi connectivity index (χ0) is 11.8. The summed E-state index contributed by atoms with van der Waals surface area (Å²) >= 11 is 0. The minimum atomic E-state index is 0.146. The summed E-state index contributed by atoms with van der Waals surface area (Å²) in [5.74, 6) is 0.146. The molecule has 0 bridgehead atoms. The summed E-state index contributed by atoms with van der Waals surface area (Å²) in [6, 6.07) is 8.97. The average Bonchev–Trinajstić information content (AvgIpc) is 2.34. The fourth-order valence-corrected chi connectivity index (χ4v) is 1.62. The van der Waals surface area contributed by atoms with Crippen LogP contribution in [0.1, 0.15) is 54.9 Å². The van der Waals surface area contributed by atoms with Crippen molar-refractivity contribution in [1.82, 2.24) is 0 Å². The van der Waals surface area contributed by atoms with E-state index in [2.05, 4.69) is 6.92 Å². The molecule has 0 heterocycles. The molecule has 16 heavy (non-hydrogen) atoms. The van der Waals surface area contributed by atoms with Gasteiger partial charge < -0.3 is 0 Å². The Morgan fingerprint density at radius 2 is 2.12 bits per heavy atom. The highest BCUT2D eigenvalue weighted by atomic mass is 16.1. The molecule has 2 nitrogen and oxygen atoms in total. The Bertz CT molecular complexity index is 390. The third kappa shape index (κ3) is 3.86. The van der Waals surface area contributed by atoms with Crippen molar-refractivity contribution in [3.05, 3.63) is 35.4 Å². The molecule has 0 N–H and O–H groups in total. The third-order valence-corrected chi connectivity index (χ3v) is 2.57. The van der Waals surface area contributed by atoms with Gasteiger partial charge in [-0.05, 0) is 18.6 Å². The maximum atomic E-state index is 11.8. The first-order chi connectivity index (χ1) is 7.77. The smallest absolute Gasteiger partial charge is 0.162 e. The van der Waals surface area contributed by atoms with E-state index >= 15 is 0 Å². The molecule has 0 amide bonds. The predicted molar refractivity (Wildman–Crippen MR) is 64.2 cm³/mol. The van der Waals surface area contributed by atoms with E-state index in [0.717, 1.165) is 12.8 Å². The van der Waals surface area contributed by atoms with Crippen molar-refractivity contribution < 1.29 is 4.79 Å². The van der Waals surface area contributed by atoms with Crippen LogP contribution < -0.4 is 0 Å². The van der Waals surface area contributed by atoms with Gasteiger partial charge in [-0.25, -0.2) is 0 Å². The Morgan fingerprint density at radius 3 is 2.81 bits per heavy atom. The van der Waals surface area contributed by atoms with Gasteiger partial charge in [0.05, 0.1) is 11.6 Å². The lowest BCUT2D eigenvalue weighted by Crippen LogP contribution is -1.99. The Balaban J connectivity index is 2.50. The fraction of sp³-hybridized carbons (Fsp3) is 0.429. The summed E-state index contributed by atoms with van der Waals surface area (Å²) in [6.07, 6.45) is 5.02. The predicted octanol–water partition coefficient (Wildman–Crippen LogP) is 3.71. The maximum absolute atomic E-state index is 11.8. The summed E-state index contributed by atoms with van der Waals surface area (Å²) in [7, 11) is 0. The van der Waals surface area contributed by atoms with Gasteiger partial charge in [-0.3, -0.25) is 4.79 Å². The summed E-state index contributed by atoms with van der Waals surface area (Å²) in [6.45, 7) is 2.15. The van der Waals surface area contributed by atoms with Gasteiger partial charge in [0.1, 0.15) is 0 Å². The molecule has 1 aromatic rings. The van der Waals surface area contributed by atoms with Crippen molar-refractivity contribution in [3.63, 3.8) is 0 Å². The van der Waals surface area contributed by atoms with Crippen LogP contribution in [-0.2, 0) is 0 Å². The standard InChI is InChI=1S/C14H17NO/c1-2-3-4-5-9-14(16)13-8-6-7-12(10-13)11-15/h6-8,10H,2-5,9H2,1H3. The first-order valence-electron chi connectivity index (χ1n) is 5.81. The topological polar surface area (TPSA) is 40.9 Å². The van der Waals surface area contributed by atoms with E-state index in [1.54, 1.807) is 24.3 Å². The highest BCUT2D eigenvalue weighted by Gasteiger charge is 2.05. The Kier molecular flexibility index (Phi) is 5.28. The normalized spacial score (nSPS) is 9.75. The van der Waals surface area contributed by atoms with Crippen molar-refractivity contribution in [1.29, 1.82) is 5.26 Å².